The van der Waals surface area contributed by atoms with Crippen molar-refractivity contribution in [3.8, 4) is 22.6 Å². The van der Waals surface area contributed by atoms with E-state index >= 15 is 0 Å². The second-order valence-electron chi connectivity index (χ2n) is 8.11. The first-order valence-corrected chi connectivity index (χ1v) is 11.0. The number of amides is 1. The highest BCUT2D eigenvalue weighted by Crippen LogP contribution is 2.32. The molecular weight excluding hydrogens is 478 g/mol. The number of para-hydroxylation sites is 1. The molecule has 4 N–H and O–H groups in total. The lowest BCUT2D eigenvalue weighted by molar-refractivity contribution is -0.274. The molecule has 36 heavy (non-hydrogen) atoms. The Labute approximate surface area is 204 Å². The molecule has 1 atom stereocenters. The molecule has 0 bridgehead atoms. The maximum atomic E-state index is 14.0. The van der Waals surface area contributed by atoms with Crippen LogP contribution in [0.25, 0.3) is 22.0 Å². The quantitative estimate of drug-likeness (QED) is 0.290. The van der Waals surface area contributed by atoms with Crippen molar-refractivity contribution in [3.63, 3.8) is 0 Å². The van der Waals surface area contributed by atoms with Gasteiger partial charge in [0.15, 0.2) is 0 Å². The number of rotatable bonds is 8. The number of alkyl halides is 3. The summed E-state index contributed by atoms with van der Waals surface area (Å²) in [4.78, 5) is 16.3. The molecule has 188 valence electrons. The van der Waals surface area contributed by atoms with E-state index in [-0.39, 0.29) is 17.9 Å². The molecule has 0 aliphatic rings. The number of aromatic nitrogens is 1. The number of nitrogens with two attached hydrogens (primary N) is 1. The molecule has 0 radical (unpaired) electrons. The zero-order valence-corrected chi connectivity index (χ0v) is 19.2. The van der Waals surface area contributed by atoms with Gasteiger partial charge in [-0.3, -0.25) is 4.79 Å². The van der Waals surface area contributed by atoms with Crippen molar-refractivity contribution in [1.82, 2.24) is 10.3 Å². The minimum atomic E-state index is -5.02. The molecule has 0 spiro atoms. The number of hydrogen-bond acceptors (Lipinski definition) is 4. The van der Waals surface area contributed by atoms with E-state index in [9.17, 15) is 22.4 Å². The Kier molecular flexibility index (Phi) is 7.16. The van der Waals surface area contributed by atoms with Gasteiger partial charge >= 0.3 is 6.36 Å². The van der Waals surface area contributed by atoms with E-state index in [1.165, 1.54) is 31.4 Å². The number of benzene rings is 3. The molecular formula is C26H23F4N3O3. The number of carbonyl (C=O) groups excluding carboxylic acids is 1. The summed E-state index contributed by atoms with van der Waals surface area (Å²) in [6.07, 6.45) is -2.87. The Morgan fingerprint density at radius 1 is 1.08 bits per heavy atom. The highest BCUT2D eigenvalue weighted by atomic mass is 19.4. The first-order chi connectivity index (χ1) is 17.2. The van der Waals surface area contributed by atoms with E-state index in [4.69, 9.17) is 10.5 Å². The number of nitrogens with one attached hydrogen (secondary N) is 2. The number of fused-ring (bicyclic) bond motifs is 1. The molecule has 1 heterocycles. The SMILES string of the molecule is COc1cc(F)cc(-c2ccc(OC(F)(F)F)c(C(=O)NC(CN)Cc3c[nH]c4ccccc34)c2)c1. The van der Waals surface area contributed by atoms with Gasteiger partial charge in [-0.25, -0.2) is 4.39 Å². The third-order valence-electron chi connectivity index (χ3n) is 5.65. The predicted octanol–water partition coefficient (Wildman–Crippen LogP) is 5.18. The minimum absolute atomic E-state index is 0.0431. The molecule has 0 aliphatic carbocycles. The van der Waals surface area contributed by atoms with Crippen molar-refractivity contribution in [2.24, 2.45) is 5.73 Å². The van der Waals surface area contributed by atoms with Crippen molar-refractivity contribution in [1.29, 1.82) is 0 Å². The number of halogens is 4. The Balaban J connectivity index is 1.65. The van der Waals surface area contributed by atoms with Crippen molar-refractivity contribution in [2.75, 3.05) is 13.7 Å². The summed E-state index contributed by atoms with van der Waals surface area (Å²) in [5.74, 6) is -1.88. The molecule has 0 saturated carbocycles. The summed E-state index contributed by atoms with van der Waals surface area (Å²) in [7, 11) is 1.36. The summed E-state index contributed by atoms with van der Waals surface area (Å²) in [6, 6.07) is 14.4. The number of ether oxygens (including phenoxy) is 2. The molecule has 6 nitrogen and oxygen atoms in total. The number of methoxy groups -OCH3 is 1. The lowest BCUT2D eigenvalue weighted by atomic mass is 10.0. The standard InChI is InChI=1S/C26H23F4N3O3/c1-35-20-10-16(8-18(27)12-20)15-6-7-24(36-26(28,29)30)22(11-15)25(34)33-19(13-31)9-17-14-32-23-5-3-2-4-21(17)23/h2-8,10-12,14,19,32H,9,13,31H2,1H3,(H,33,34). The maximum absolute atomic E-state index is 14.0. The van der Waals surface area contributed by atoms with Crippen LogP contribution in [-0.4, -0.2) is 36.9 Å². The van der Waals surface area contributed by atoms with E-state index in [1.807, 2.05) is 24.3 Å². The van der Waals surface area contributed by atoms with Gasteiger partial charge in [0.2, 0.25) is 0 Å². The summed E-state index contributed by atoms with van der Waals surface area (Å²) < 4.78 is 62.3. The van der Waals surface area contributed by atoms with Crippen molar-refractivity contribution < 1.29 is 31.8 Å². The number of hydrogen-bond donors (Lipinski definition) is 3. The monoisotopic (exact) mass is 501 g/mol. The van der Waals surface area contributed by atoms with E-state index in [0.29, 0.717) is 17.5 Å². The van der Waals surface area contributed by atoms with Gasteiger partial charge in [0.05, 0.1) is 12.7 Å². The fourth-order valence-electron chi connectivity index (χ4n) is 3.97. The molecule has 0 saturated heterocycles. The Morgan fingerprint density at radius 2 is 1.86 bits per heavy atom. The number of aromatic amines is 1. The van der Waals surface area contributed by atoms with Crippen LogP contribution in [0.5, 0.6) is 11.5 Å². The van der Waals surface area contributed by atoms with Gasteiger partial charge in [-0.15, -0.1) is 13.2 Å². The number of carbonyl (C=O) groups is 1. The van der Waals surface area contributed by atoms with Crippen LogP contribution in [0, 0.1) is 5.82 Å². The van der Waals surface area contributed by atoms with Crippen molar-refractivity contribution in [3.05, 3.63) is 83.8 Å². The first-order valence-electron chi connectivity index (χ1n) is 11.0. The molecule has 0 aliphatic heterocycles. The van der Waals surface area contributed by atoms with Crippen molar-refractivity contribution in [2.45, 2.75) is 18.8 Å². The van der Waals surface area contributed by atoms with Gasteiger partial charge < -0.3 is 25.5 Å². The van der Waals surface area contributed by atoms with Gasteiger partial charge in [0, 0.05) is 35.8 Å². The lowest BCUT2D eigenvalue weighted by Gasteiger charge is -2.19. The second kappa shape index (κ2) is 10.3. The first kappa shape index (κ1) is 25.1. The molecule has 1 unspecified atom stereocenters. The van der Waals surface area contributed by atoms with E-state index < -0.39 is 29.9 Å². The summed E-state index contributed by atoms with van der Waals surface area (Å²) >= 11 is 0. The third-order valence-corrected chi connectivity index (χ3v) is 5.65. The van der Waals surface area contributed by atoms with Gasteiger partial charge in [-0.1, -0.05) is 24.3 Å². The normalized spacial score (nSPS) is 12.4. The summed E-state index contributed by atoms with van der Waals surface area (Å²) in [5.41, 5.74) is 7.93. The van der Waals surface area contributed by atoms with Crippen LogP contribution >= 0.6 is 0 Å². The molecule has 1 aromatic heterocycles. The van der Waals surface area contributed by atoms with E-state index in [1.54, 1.807) is 6.20 Å². The molecule has 0 fully saturated rings. The van der Waals surface area contributed by atoms with E-state index in [2.05, 4.69) is 15.0 Å². The van der Waals surface area contributed by atoms with Crippen LogP contribution in [0.1, 0.15) is 15.9 Å². The summed E-state index contributed by atoms with van der Waals surface area (Å²) in [5, 5.41) is 3.65. The maximum Gasteiger partial charge on any atom is 0.573 e. The predicted molar refractivity (Wildman–Crippen MR) is 127 cm³/mol. The van der Waals surface area contributed by atoms with Crippen LogP contribution in [0.2, 0.25) is 0 Å². The Bertz CT molecular complexity index is 1380. The molecule has 1 amide bonds. The molecule has 10 heteroatoms. The molecule has 4 rings (SSSR count). The largest absolute Gasteiger partial charge is 0.573 e. The van der Waals surface area contributed by atoms with Gasteiger partial charge in [-0.05, 0) is 53.4 Å². The fourth-order valence-corrected chi connectivity index (χ4v) is 3.97. The average molecular weight is 501 g/mol. The van der Waals surface area contributed by atoms with Crippen LogP contribution < -0.4 is 20.5 Å². The van der Waals surface area contributed by atoms with Crippen LogP contribution in [0.3, 0.4) is 0 Å². The zero-order chi connectivity index (χ0) is 25.9. The van der Waals surface area contributed by atoms with Gasteiger partial charge in [0.1, 0.15) is 17.3 Å². The molecule has 3 aromatic carbocycles. The smallest absolute Gasteiger partial charge is 0.497 e. The number of H-pyrrole nitrogens is 1. The van der Waals surface area contributed by atoms with Crippen LogP contribution in [0.15, 0.2) is 66.9 Å². The topological polar surface area (TPSA) is 89.4 Å². The Morgan fingerprint density at radius 3 is 2.58 bits per heavy atom. The van der Waals surface area contributed by atoms with E-state index in [0.717, 1.165) is 28.6 Å². The van der Waals surface area contributed by atoms with Gasteiger partial charge in [0.25, 0.3) is 5.91 Å². The second-order valence-corrected chi connectivity index (χ2v) is 8.11. The van der Waals surface area contributed by atoms with Gasteiger partial charge in [-0.2, -0.15) is 0 Å². The summed E-state index contributed by atoms with van der Waals surface area (Å²) in [6.45, 7) is 0.0431. The lowest BCUT2D eigenvalue weighted by Crippen LogP contribution is -2.42. The fraction of sp³-hybridized carbons (Fsp3) is 0.192. The highest BCUT2D eigenvalue weighted by Gasteiger charge is 2.33. The highest BCUT2D eigenvalue weighted by molar-refractivity contribution is 5.98. The molecule has 4 aromatic rings. The third kappa shape index (κ3) is 5.77. The van der Waals surface area contributed by atoms with Crippen molar-refractivity contribution >= 4 is 16.8 Å². The Hall–Kier alpha value is -4.05. The van der Waals surface area contributed by atoms with Crippen LogP contribution in [-0.2, 0) is 6.42 Å². The minimum Gasteiger partial charge on any atom is -0.497 e. The average Bonchev–Trinajstić information content (AvgIpc) is 3.25. The van der Waals surface area contributed by atoms with Crippen LogP contribution in [0.4, 0.5) is 17.6 Å². The zero-order valence-electron chi connectivity index (χ0n) is 19.2.